The third-order valence-corrected chi connectivity index (χ3v) is 2.27. The quantitative estimate of drug-likeness (QED) is 0.685. The zero-order valence-electron chi connectivity index (χ0n) is 9.92. The second kappa shape index (κ2) is 10.2. The molecule has 0 saturated heterocycles. The van der Waals surface area contributed by atoms with Crippen LogP contribution in [0.4, 0.5) is 0 Å². The van der Waals surface area contributed by atoms with E-state index in [9.17, 15) is 0 Å². The molecule has 0 radical (unpaired) electrons. The minimum atomic E-state index is 1.04. The normalized spacial score (nSPS) is 7.50. The first-order valence-electron chi connectivity index (χ1n) is 5.00. The van der Waals surface area contributed by atoms with Crippen LogP contribution in [0.15, 0.2) is 13.2 Å². The number of rotatable bonds is 2. The molecule has 1 nitrogen and oxygen atoms in total. The Hall–Kier alpha value is -0.890. The van der Waals surface area contributed by atoms with Gasteiger partial charge in [0.15, 0.2) is 0 Å². The van der Waals surface area contributed by atoms with Gasteiger partial charge < -0.3 is 0 Å². The summed E-state index contributed by atoms with van der Waals surface area (Å²) in [5.74, 6) is 0. The van der Waals surface area contributed by atoms with Crippen LogP contribution in [-0.2, 0) is 0 Å². The standard InChI is InChI=1S/C8H9NS.2C2H6/c1-4-7-6(3)9-10-8(7)5-2;2*1-2/h4-5H,1-2H2,3H3;2*1-2H3. The van der Waals surface area contributed by atoms with Gasteiger partial charge in [-0.1, -0.05) is 46.9 Å². The van der Waals surface area contributed by atoms with Gasteiger partial charge >= 0.3 is 0 Å². The number of aryl methyl sites for hydroxylation is 1. The van der Waals surface area contributed by atoms with E-state index in [1.807, 2.05) is 46.8 Å². The monoisotopic (exact) mass is 211 g/mol. The Labute approximate surface area is 92.3 Å². The molecule has 0 spiro atoms. The van der Waals surface area contributed by atoms with Crippen LogP contribution in [0.2, 0.25) is 0 Å². The number of aromatic nitrogens is 1. The fourth-order valence-electron chi connectivity index (χ4n) is 0.790. The van der Waals surface area contributed by atoms with Gasteiger partial charge in [-0.15, -0.1) is 0 Å². The molecule has 0 fully saturated rings. The van der Waals surface area contributed by atoms with E-state index >= 15 is 0 Å². The summed E-state index contributed by atoms with van der Waals surface area (Å²) in [6.07, 6.45) is 3.62. The van der Waals surface area contributed by atoms with Crippen LogP contribution >= 0.6 is 11.5 Å². The van der Waals surface area contributed by atoms with Crippen LogP contribution in [-0.4, -0.2) is 4.37 Å². The van der Waals surface area contributed by atoms with E-state index in [1.54, 1.807) is 0 Å². The molecule has 2 heteroatoms. The Bertz CT molecular complexity index is 261. The van der Waals surface area contributed by atoms with Crippen molar-refractivity contribution in [3.05, 3.63) is 29.3 Å². The summed E-state index contributed by atoms with van der Waals surface area (Å²) in [5, 5.41) is 0. The van der Waals surface area contributed by atoms with Crippen LogP contribution in [0.1, 0.15) is 43.8 Å². The van der Waals surface area contributed by atoms with Gasteiger partial charge in [0.2, 0.25) is 0 Å². The van der Waals surface area contributed by atoms with Crippen molar-refractivity contribution in [1.82, 2.24) is 4.37 Å². The molecule has 80 valence electrons. The molecule has 0 bridgehead atoms. The lowest BCUT2D eigenvalue weighted by molar-refractivity contribution is 1.33. The average molecular weight is 211 g/mol. The molecule has 0 atom stereocenters. The highest BCUT2D eigenvalue weighted by Gasteiger charge is 2.01. The average Bonchev–Trinajstić information content (AvgIpc) is 2.64. The van der Waals surface area contributed by atoms with E-state index in [1.165, 1.54) is 11.5 Å². The molecule has 14 heavy (non-hydrogen) atoms. The molecule has 0 aromatic carbocycles. The van der Waals surface area contributed by atoms with Crippen LogP contribution in [0, 0.1) is 6.92 Å². The molecule has 0 aliphatic carbocycles. The summed E-state index contributed by atoms with van der Waals surface area (Å²) >= 11 is 1.46. The van der Waals surface area contributed by atoms with Crippen molar-refractivity contribution in [2.45, 2.75) is 34.6 Å². The van der Waals surface area contributed by atoms with Crippen molar-refractivity contribution in [3.63, 3.8) is 0 Å². The lowest BCUT2D eigenvalue weighted by Gasteiger charge is -1.87. The molecule has 1 aromatic heterocycles. The molecular weight excluding hydrogens is 190 g/mol. The predicted octanol–water partition coefficient (Wildman–Crippen LogP) is 4.79. The first-order chi connectivity index (χ1) is 6.79. The van der Waals surface area contributed by atoms with Gasteiger partial charge in [0.05, 0.1) is 10.6 Å². The Morgan fingerprint density at radius 2 is 1.57 bits per heavy atom. The van der Waals surface area contributed by atoms with E-state index in [0.717, 1.165) is 16.1 Å². The Morgan fingerprint density at radius 1 is 1.07 bits per heavy atom. The molecule has 1 aromatic rings. The molecule has 0 saturated carbocycles. The SMILES string of the molecule is C=Cc1snc(C)c1C=C.CC.CC. The number of hydrogen-bond donors (Lipinski definition) is 0. The summed E-state index contributed by atoms with van der Waals surface area (Å²) in [6.45, 7) is 17.3. The predicted molar refractivity (Wildman–Crippen MR) is 69.7 cm³/mol. The van der Waals surface area contributed by atoms with E-state index in [2.05, 4.69) is 17.5 Å². The van der Waals surface area contributed by atoms with Crippen molar-refractivity contribution in [1.29, 1.82) is 0 Å². The largest absolute Gasteiger partial charge is 0.197 e. The third-order valence-electron chi connectivity index (χ3n) is 1.33. The van der Waals surface area contributed by atoms with Gasteiger partial charge in [0.1, 0.15) is 0 Å². The second-order valence-electron chi connectivity index (χ2n) is 1.95. The van der Waals surface area contributed by atoms with Crippen molar-refractivity contribution < 1.29 is 0 Å². The minimum Gasteiger partial charge on any atom is -0.197 e. The van der Waals surface area contributed by atoms with Crippen molar-refractivity contribution in [3.8, 4) is 0 Å². The highest BCUT2D eigenvalue weighted by atomic mass is 32.1. The Balaban J connectivity index is 0. The third kappa shape index (κ3) is 4.38. The van der Waals surface area contributed by atoms with Gasteiger partial charge in [-0.05, 0) is 24.5 Å². The molecule has 0 aliphatic rings. The number of hydrogen-bond acceptors (Lipinski definition) is 2. The molecule has 0 N–H and O–H groups in total. The second-order valence-corrected chi connectivity index (χ2v) is 2.76. The minimum absolute atomic E-state index is 1.04. The lowest BCUT2D eigenvalue weighted by atomic mass is 10.2. The number of nitrogens with zero attached hydrogens (tertiary/aromatic N) is 1. The first-order valence-corrected chi connectivity index (χ1v) is 5.78. The molecule has 1 heterocycles. The molecule has 0 amide bonds. The van der Waals surface area contributed by atoms with Gasteiger partial charge in [-0.2, -0.15) is 4.37 Å². The van der Waals surface area contributed by atoms with Crippen LogP contribution in [0.3, 0.4) is 0 Å². The summed E-state index contributed by atoms with van der Waals surface area (Å²) in [7, 11) is 0. The van der Waals surface area contributed by atoms with Crippen molar-refractivity contribution in [2.75, 3.05) is 0 Å². The van der Waals surface area contributed by atoms with Crippen molar-refractivity contribution in [2.24, 2.45) is 0 Å². The van der Waals surface area contributed by atoms with Gasteiger partial charge in [-0.3, -0.25) is 0 Å². The molecule has 1 rings (SSSR count). The summed E-state index contributed by atoms with van der Waals surface area (Å²) < 4.78 is 4.16. The summed E-state index contributed by atoms with van der Waals surface area (Å²) in [5.41, 5.74) is 2.15. The Kier molecular flexibility index (Phi) is 11.3. The van der Waals surface area contributed by atoms with Crippen molar-refractivity contribution >= 4 is 23.7 Å². The van der Waals surface area contributed by atoms with Gasteiger partial charge in [0, 0.05) is 5.56 Å². The molecular formula is C12H21NS. The zero-order valence-corrected chi connectivity index (χ0v) is 10.7. The smallest absolute Gasteiger partial charge is 0.0589 e. The highest BCUT2D eigenvalue weighted by Crippen LogP contribution is 2.19. The summed E-state index contributed by atoms with van der Waals surface area (Å²) in [6, 6.07) is 0. The van der Waals surface area contributed by atoms with E-state index in [-0.39, 0.29) is 0 Å². The van der Waals surface area contributed by atoms with Crippen LogP contribution in [0.5, 0.6) is 0 Å². The summed E-state index contributed by atoms with van der Waals surface area (Å²) in [4.78, 5) is 1.10. The lowest BCUT2D eigenvalue weighted by Crippen LogP contribution is -1.74. The van der Waals surface area contributed by atoms with E-state index < -0.39 is 0 Å². The Morgan fingerprint density at radius 3 is 1.86 bits per heavy atom. The maximum Gasteiger partial charge on any atom is 0.0589 e. The maximum absolute atomic E-state index is 4.16. The van der Waals surface area contributed by atoms with E-state index in [0.29, 0.717) is 0 Å². The highest BCUT2D eigenvalue weighted by molar-refractivity contribution is 7.07. The topological polar surface area (TPSA) is 12.9 Å². The zero-order chi connectivity index (χ0) is 11.6. The van der Waals surface area contributed by atoms with Crippen LogP contribution in [0.25, 0.3) is 12.2 Å². The molecule has 0 aliphatic heterocycles. The van der Waals surface area contributed by atoms with Gasteiger partial charge in [-0.25, -0.2) is 0 Å². The first kappa shape index (κ1) is 15.6. The maximum atomic E-state index is 4.16. The van der Waals surface area contributed by atoms with E-state index in [4.69, 9.17) is 0 Å². The fraction of sp³-hybridized carbons (Fsp3) is 0.417. The van der Waals surface area contributed by atoms with Crippen LogP contribution < -0.4 is 0 Å². The molecule has 0 unspecified atom stereocenters. The fourth-order valence-corrected chi connectivity index (χ4v) is 1.53. The van der Waals surface area contributed by atoms with Gasteiger partial charge in [0.25, 0.3) is 0 Å².